The Kier molecular flexibility index (Phi) is 8.51. The Hall–Kier alpha value is -3.59. The zero-order valence-corrected chi connectivity index (χ0v) is 24.2. The number of carbonyl (C=O) groups excluding carboxylic acids is 1. The maximum Gasteiger partial charge on any atom is 0.321 e. The number of nitrogens with zero attached hydrogens (tertiary/aromatic N) is 4. The number of hydrogen-bond donors (Lipinski definition) is 3. The number of halogens is 2. The molecule has 0 aliphatic carbocycles. The average Bonchev–Trinajstić information content (AvgIpc) is 3.38. The number of anilines is 1. The summed E-state index contributed by atoms with van der Waals surface area (Å²) >= 11 is 0. The van der Waals surface area contributed by atoms with Crippen LogP contribution in [0.5, 0.6) is 5.75 Å². The van der Waals surface area contributed by atoms with E-state index in [2.05, 4.69) is 15.1 Å². The van der Waals surface area contributed by atoms with Crippen molar-refractivity contribution in [3.63, 3.8) is 0 Å². The minimum atomic E-state index is -4.00. The quantitative estimate of drug-likeness (QED) is 0.410. The Morgan fingerprint density at radius 3 is 2.60 bits per heavy atom. The highest BCUT2D eigenvalue weighted by Crippen LogP contribution is 2.37. The number of rotatable bonds is 2. The molecule has 5 rings (SSSR count). The molecule has 3 aromatic rings. The zero-order chi connectivity index (χ0) is 30.1. The van der Waals surface area contributed by atoms with Gasteiger partial charge >= 0.3 is 6.03 Å². The number of urea groups is 1. The molecule has 2 aliphatic heterocycles. The van der Waals surface area contributed by atoms with Gasteiger partial charge in [-0.15, -0.1) is 0 Å². The fourth-order valence-electron chi connectivity index (χ4n) is 5.49. The number of aliphatic hydroxyl groups excluding tert-OH is 1. The number of likely N-dealkylation sites (N-methyl/N-ethyl adjacent to an activating group) is 1. The van der Waals surface area contributed by atoms with Gasteiger partial charge in [-0.25, -0.2) is 26.7 Å². The van der Waals surface area contributed by atoms with E-state index >= 15 is 0 Å². The van der Waals surface area contributed by atoms with Gasteiger partial charge in [-0.3, -0.25) is 4.68 Å². The molecule has 0 bridgehead atoms. The number of β-amino-alcohol motifs (C(OH)–C–C–N with tert-alkyl or cyclic N) is 1. The highest BCUT2D eigenvalue weighted by Gasteiger charge is 2.39. The Morgan fingerprint density at radius 2 is 1.90 bits per heavy atom. The average molecular weight is 605 g/mol. The fourth-order valence-corrected chi connectivity index (χ4v) is 6.68. The van der Waals surface area contributed by atoms with E-state index in [1.165, 1.54) is 12.1 Å². The van der Waals surface area contributed by atoms with Gasteiger partial charge < -0.3 is 25.0 Å². The summed E-state index contributed by atoms with van der Waals surface area (Å²) in [6, 6.07) is 7.30. The number of aryl methyl sites for hydroxylation is 1. The molecule has 2 amide bonds. The largest absolute Gasteiger partial charge is 0.492 e. The number of nitrogens with one attached hydrogen (secondary N) is 2. The number of aliphatic hydroxyl groups is 1. The van der Waals surface area contributed by atoms with E-state index in [1.54, 1.807) is 35.0 Å². The smallest absolute Gasteiger partial charge is 0.321 e. The van der Waals surface area contributed by atoms with Crippen molar-refractivity contribution in [1.82, 2.24) is 24.3 Å². The van der Waals surface area contributed by atoms with E-state index in [1.807, 2.05) is 18.1 Å². The third kappa shape index (κ3) is 6.72. The molecule has 3 heterocycles. The second-order valence-electron chi connectivity index (χ2n) is 11.1. The Morgan fingerprint density at radius 1 is 1.14 bits per heavy atom. The van der Waals surface area contributed by atoms with Gasteiger partial charge in [-0.05, 0) is 49.7 Å². The van der Waals surface area contributed by atoms with Crippen LogP contribution in [0.4, 0.5) is 19.3 Å². The number of ether oxygens (including phenoxy) is 1. The first-order valence-electron chi connectivity index (χ1n) is 13.6. The van der Waals surface area contributed by atoms with Gasteiger partial charge in [0.05, 0.1) is 24.6 Å². The van der Waals surface area contributed by atoms with Crippen molar-refractivity contribution in [1.29, 1.82) is 0 Å². The molecule has 226 valence electrons. The van der Waals surface area contributed by atoms with Crippen molar-refractivity contribution in [2.24, 2.45) is 12.5 Å². The minimum absolute atomic E-state index is 0.0374. The topological polar surface area (TPSA) is 129 Å². The van der Waals surface area contributed by atoms with E-state index < -0.39 is 39.2 Å². The lowest BCUT2D eigenvalue weighted by Crippen LogP contribution is -2.52. The van der Waals surface area contributed by atoms with Gasteiger partial charge in [0.2, 0.25) is 10.0 Å². The third-order valence-electron chi connectivity index (χ3n) is 7.73. The standard InChI is InChI=1S/C28H34F2N6O5S/c1-34-16-22(37)14-32-42(39,40)26-6-3-19(20-13-31-35(2)15-20)11-25(26)41-18-28(17-34)7-9-36(10-8-28)27(38)33-24-5-4-21(29)12-23(24)30/h3-6,11-13,15,22,32,37H,7-10,14,16-18H2,1-2H3,(H,33,38). The highest BCUT2D eigenvalue weighted by atomic mass is 32.2. The second-order valence-corrected chi connectivity index (χ2v) is 12.8. The summed E-state index contributed by atoms with van der Waals surface area (Å²) in [4.78, 5) is 16.3. The fraction of sp³-hybridized carbons (Fsp3) is 0.429. The van der Waals surface area contributed by atoms with Crippen LogP contribution in [0.2, 0.25) is 0 Å². The van der Waals surface area contributed by atoms with Crippen LogP contribution >= 0.6 is 0 Å². The summed E-state index contributed by atoms with van der Waals surface area (Å²) in [5.41, 5.74) is 0.933. The molecular formula is C28H34F2N6O5S. The Labute approximate surface area is 243 Å². The lowest BCUT2D eigenvalue weighted by molar-refractivity contribution is 0.0256. The van der Waals surface area contributed by atoms with Crippen molar-refractivity contribution >= 4 is 21.7 Å². The number of aromatic nitrogens is 2. The molecule has 1 atom stereocenters. The summed E-state index contributed by atoms with van der Waals surface area (Å²) in [5.74, 6) is -1.42. The van der Waals surface area contributed by atoms with Crippen LogP contribution in [0.1, 0.15) is 12.8 Å². The van der Waals surface area contributed by atoms with Crippen LogP contribution in [-0.2, 0) is 17.1 Å². The Balaban J connectivity index is 1.39. The minimum Gasteiger partial charge on any atom is -0.492 e. The first-order valence-corrected chi connectivity index (χ1v) is 15.0. The Bertz CT molecular complexity index is 1560. The molecule has 1 aromatic heterocycles. The van der Waals surface area contributed by atoms with E-state index in [0.29, 0.717) is 38.5 Å². The summed E-state index contributed by atoms with van der Waals surface area (Å²) in [6.45, 7) is 1.40. The van der Waals surface area contributed by atoms with Crippen LogP contribution in [-0.4, -0.2) is 91.6 Å². The summed E-state index contributed by atoms with van der Waals surface area (Å²) in [7, 11) is -0.370. The van der Waals surface area contributed by atoms with E-state index in [4.69, 9.17) is 4.74 Å². The van der Waals surface area contributed by atoms with Gasteiger partial charge in [-0.1, -0.05) is 6.07 Å². The highest BCUT2D eigenvalue weighted by molar-refractivity contribution is 7.89. The van der Waals surface area contributed by atoms with Crippen molar-refractivity contribution in [3.05, 3.63) is 60.4 Å². The van der Waals surface area contributed by atoms with Crippen LogP contribution in [0.15, 0.2) is 53.7 Å². The maximum absolute atomic E-state index is 14.1. The van der Waals surface area contributed by atoms with Gasteiger partial charge in [0.25, 0.3) is 0 Å². The summed E-state index contributed by atoms with van der Waals surface area (Å²) in [6.07, 6.45) is 3.56. The number of piperidine rings is 1. The molecule has 1 unspecified atom stereocenters. The summed E-state index contributed by atoms with van der Waals surface area (Å²) in [5, 5.41) is 17.3. The first-order chi connectivity index (χ1) is 19.9. The van der Waals surface area contributed by atoms with Gasteiger partial charge in [0.15, 0.2) is 0 Å². The monoisotopic (exact) mass is 604 g/mol. The number of sulfonamides is 1. The van der Waals surface area contributed by atoms with Crippen molar-refractivity contribution < 1.29 is 31.8 Å². The third-order valence-corrected chi connectivity index (χ3v) is 9.19. The second kappa shape index (κ2) is 12.0. The predicted octanol–water partition coefficient (Wildman–Crippen LogP) is 2.64. The zero-order valence-electron chi connectivity index (χ0n) is 23.4. The molecule has 42 heavy (non-hydrogen) atoms. The number of hydrogen-bond acceptors (Lipinski definition) is 7. The van der Waals surface area contributed by atoms with Gasteiger partial charge in [0, 0.05) is 63.0 Å². The van der Waals surface area contributed by atoms with Gasteiger partial charge in [0.1, 0.15) is 22.3 Å². The number of fused-ring (bicyclic) bond motifs is 1. The lowest BCUT2D eigenvalue weighted by Gasteiger charge is -2.44. The number of likely N-dealkylation sites (tertiary alicyclic amines) is 1. The molecule has 2 aliphatic rings. The van der Waals surface area contributed by atoms with Crippen LogP contribution < -0.4 is 14.8 Å². The molecule has 0 radical (unpaired) electrons. The maximum atomic E-state index is 14.1. The van der Waals surface area contributed by atoms with Crippen molar-refractivity contribution in [2.45, 2.75) is 23.8 Å². The lowest BCUT2D eigenvalue weighted by atomic mass is 9.78. The van der Waals surface area contributed by atoms with E-state index in [-0.39, 0.29) is 36.0 Å². The van der Waals surface area contributed by atoms with Crippen LogP contribution in [0, 0.1) is 17.0 Å². The first kappa shape index (κ1) is 29.9. The van der Waals surface area contributed by atoms with E-state index in [9.17, 15) is 27.1 Å². The molecule has 1 saturated heterocycles. The van der Waals surface area contributed by atoms with Gasteiger partial charge in [-0.2, -0.15) is 5.10 Å². The molecule has 3 N–H and O–H groups in total. The number of benzene rings is 2. The normalized spacial score (nSPS) is 21.1. The van der Waals surface area contributed by atoms with Crippen molar-refractivity contribution in [2.75, 3.05) is 51.7 Å². The predicted molar refractivity (Wildman–Crippen MR) is 151 cm³/mol. The molecular weight excluding hydrogens is 570 g/mol. The molecule has 11 nitrogen and oxygen atoms in total. The van der Waals surface area contributed by atoms with E-state index in [0.717, 1.165) is 17.2 Å². The van der Waals surface area contributed by atoms with Crippen LogP contribution in [0.3, 0.4) is 0 Å². The SMILES string of the molecule is CN1CC(O)CNS(=O)(=O)c2ccc(-c3cnn(C)c3)cc2OCC2(CCN(C(=O)Nc3ccc(F)cc3F)CC2)C1. The molecule has 0 saturated carbocycles. The number of carbonyl (C=O) groups is 1. The summed E-state index contributed by atoms with van der Waals surface area (Å²) < 4.78 is 64.3. The molecule has 2 aromatic carbocycles. The van der Waals surface area contributed by atoms with Crippen molar-refractivity contribution in [3.8, 4) is 16.9 Å². The molecule has 1 spiro atoms. The number of amides is 2. The molecule has 14 heteroatoms. The van der Waals surface area contributed by atoms with Crippen LogP contribution in [0.25, 0.3) is 11.1 Å². The molecule has 1 fully saturated rings.